The molecule has 0 amide bonds. The normalized spacial score (nSPS) is 26.4. The molecule has 2 aliphatic carbocycles. The summed E-state index contributed by atoms with van der Waals surface area (Å²) in [6.07, 6.45) is -2.36. The van der Waals surface area contributed by atoms with E-state index in [-0.39, 0.29) is 93.7 Å². The van der Waals surface area contributed by atoms with E-state index in [1.54, 1.807) is 0 Å². The molecule has 8 atom stereocenters. The lowest BCUT2D eigenvalue weighted by molar-refractivity contribution is -0.153. The van der Waals surface area contributed by atoms with E-state index >= 15 is 0 Å². The van der Waals surface area contributed by atoms with Crippen LogP contribution in [0.25, 0.3) is 0 Å². The van der Waals surface area contributed by atoms with E-state index in [0.29, 0.717) is 12.8 Å². The van der Waals surface area contributed by atoms with Crippen molar-refractivity contribution in [3.63, 3.8) is 0 Å². The molecule has 8 unspecified atom stereocenters. The predicted octanol–water partition coefficient (Wildman–Crippen LogP) is 0.937. The molecule has 0 spiro atoms. The molecule has 0 radical (unpaired) electrons. The Bertz CT molecular complexity index is 973. The molecule has 2 fully saturated rings. The maximum Gasteiger partial charge on any atom is 0.333 e. The van der Waals surface area contributed by atoms with E-state index in [2.05, 4.69) is 13.2 Å². The fourth-order valence-electron chi connectivity index (χ4n) is 5.39. The van der Waals surface area contributed by atoms with Crippen LogP contribution >= 0.6 is 0 Å². The van der Waals surface area contributed by atoms with Gasteiger partial charge in [0.05, 0.1) is 12.2 Å². The third-order valence-electron chi connectivity index (χ3n) is 7.87. The molecular formula is C31H46O13. The molecule has 0 aromatic carbocycles. The van der Waals surface area contributed by atoms with Crippen LogP contribution in [-0.4, -0.2) is 101 Å². The number of hydrogen-bond acceptors (Lipinski definition) is 13. The van der Waals surface area contributed by atoms with Crippen LogP contribution in [0.2, 0.25) is 0 Å². The van der Waals surface area contributed by atoms with Crippen LogP contribution in [0.3, 0.4) is 0 Å². The molecule has 44 heavy (non-hydrogen) atoms. The van der Waals surface area contributed by atoms with Gasteiger partial charge in [0.1, 0.15) is 44.4 Å². The minimum absolute atomic E-state index is 0.0330. The van der Waals surface area contributed by atoms with Crippen molar-refractivity contribution in [1.29, 1.82) is 0 Å². The van der Waals surface area contributed by atoms with Crippen LogP contribution in [0.4, 0.5) is 0 Å². The first kappa shape index (κ1) is 37.1. The lowest BCUT2D eigenvalue weighted by atomic mass is 9.68. The number of esters is 4. The highest BCUT2D eigenvalue weighted by Crippen LogP contribution is 2.39. The van der Waals surface area contributed by atoms with Crippen molar-refractivity contribution in [2.45, 2.75) is 89.6 Å². The Morgan fingerprint density at radius 3 is 1.32 bits per heavy atom. The number of ketones is 1. The van der Waals surface area contributed by atoms with Crippen molar-refractivity contribution in [2.24, 2.45) is 23.7 Å². The Labute approximate surface area is 257 Å². The van der Waals surface area contributed by atoms with Gasteiger partial charge in [0.2, 0.25) is 0 Å². The maximum atomic E-state index is 13.5. The first-order chi connectivity index (χ1) is 20.7. The lowest BCUT2D eigenvalue weighted by Crippen LogP contribution is -2.44. The molecule has 0 aromatic rings. The molecule has 0 bridgehead atoms. The highest BCUT2D eigenvalue weighted by Gasteiger charge is 2.42. The van der Waals surface area contributed by atoms with Crippen molar-refractivity contribution < 1.29 is 63.3 Å². The van der Waals surface area contributed by atoms with Gasteiger partial charge in [-0.2, -0.15) is 0 Å². The van der Waals surface area contributed by atoms with Gasteiger partial charge in [-0.25, -0.2) is 9.59 Å². The second kappa shape index (κ2) is 18.0. The summed E-state index contributed by atoms with van der Waals surface area (Å²) in [7, 11) is 0. The van der Waals surface area contributed by atoms with E-state index in [1.807, 2.05) is 0 Å². The summed E-state index contributed by atoms with van der Waals surface area (Å²) in [4.78, 5) is 61.1. The summed E-state index contributed by atoms with van der Waals surface area (Å²) in [5, 5.41) is 41.1. The summed E-state index contributed by atoms with van der Waals surface area (Å²) < 4.78 is 19.8. The molecule has 0 aliphatic heterocycles. The quantitative estimate of drug-likeness (QED) is 0.107. The SMILES string of the molecule is C=C(C)C(=O)OCC(O)COC(=O)CC1CCC(O)C(C(=O)C2CC(CC(=O)OCC(O)COC(=O)C(=C)C)CCC2O)C1. The smallest absolute Gasteiger partial charge is 0.333 e. The molecule has 0 aromatic heterocycles. The minimum Gasteiger partial charge on any atom is -0.463 e. The number of aliphatic hydroxyl groups excluding tert-OH is 4. The van der Waals surface area contributed by atoms with Crippen molar-refractivity contribution in [3.8, 4) is 0 Å². The number of aliphatic hydroxyl groups is 4. The summed E-state index contributed by atoms with van der Waals surface area (Å²) in [5.74, 6) is -4.96. The zero-order valence-corrected chi connectivity index (χ0v) is 25.5. The van der Waals surface area contributed by atoms with Gasteiger partial charge in [0.15, 0.2) is 0 Å². The van der Waals surface area contributed by atoms with Gasteiger partial charge in [-0.05, 0) is 64.2 Å². The Morgan fingerprint density at radius 1 is 0.636 bits per heavy atom. The van der Waals surface area contributed by atoms with Gasteiger partial charge in [-0.3, -0.25) is 14.4 Å². The summed E-state index contributed by atoms with van der Waals surface area (Å²) >= 11 is 0. The topological polar surface area (TPSA) is 203 Å². The van der Waals surface area contributed by atoms with Crippen molar-refractivity contribution >= 4 is 29.7 Å². The number of ether oxygens (including phenoxy) is 4. The second-order valence-corrected chi connectivity index (χ2v) is 11.9. The average molecular weight is 627 g/mol. The van der Waals surface area contributed by atoms with E-state index in [1.165, 1.54) is 13.8 Å². The van der Waals surface area contributed by atoms with Crippen LogP contribution in [0.5, 0.6) is 0 Å². The van der Waals surface area contributed by atoms with Crippen LogP contribution in [0, 0.1) is 23.7 Å². The Hall–Kier alpha value is -3.13. The van der Waals surface area contributed by atoms with Crippen molar-refractivity contribution in [2.75, 3.05) is 26.4 Å². The summed E-state index contributed by atoms with van der Waals surface area (Å²) in [6, 6.07) is 0. The highest BCUT2D eigenvalue weighted by molar-refractivity contribution is 5.87. The molecular weight excluding hydrogens is 580 g/mol. The molecule has 0 heterocycles. The van der Waals surface area contributed by atoms with Gasteiger partial charge in [-0.1, -0.05) is 13.2 Å². The number of hydrogen-bond donors (Lipinski definition) is 4. The highest BCUT2D eigenvalue weighted by atomic mass is 16.6. The third kappa shape index (κ3) is 12.5. The number of carbonyl (C=O) groups is 5. The van der Waals surface area contributed by atoms with Crippen LogP contribution in [-0.2, 0) is 42.9 Å². The van der Waals surface area contributed by atoms with E-state index in [0.717, 1.165) is 0 Å². The molecule has 2 rings (SSSR count). The fourth-order valence-corrected chi connectivity index (χ4v) is 5.39. The van der Waals surface area contributed by atoms with Gasteiger partial charge in [-0.15, -0.1) is 0 Å². The number of rotatable bonds is 16. The van der Waals surface area contributed by atoms with Crippen LogP contribution in [0.15, 0.2) is 24.3 Å². The van der Waals surface area contributed by atoms with Crippen LogP contribution in [0.1, 0.15) is 65.2 Å². The third-order valence-corrected chi connectivity index (χ3v) is 7.87. The van der Waals surface area contributed by atoms with Gasteiger partial charge in [0, 0.05) is 35.8 Å². The molecule has 2 saturated carbocycles. The second-order valence-electron chi connectivity index (χ2n) is 11.9. The van der Waals surface area contributed by atoms with Gasteiger partial charge in [0.25, 0.3) is 0 Å². The first-order valence-electron chi connectivity index (χ1n) is 14.9. The molecule has 0 saturated heterocycles. The Kier molecular flexibility index (Phi) is 15.1. The summed E-state index contributed by atoms with van der Waals surface area (Å²) in [5.41, 5.74) is 0.342. The zero-order valence-electron chi connectivity index (χ0n) is 25.5. The predicted molar refractivity (Wildman–Crippen MR) is 153 cm³/mol. The average Bonchev–Trinajstić information content (AvgIpc) is 2.97. The number of Topliss-reactive ketones (excluding diaryl/α,β-unsaturated/α-hetero) is 1. The monoisotopic (exact) mass is 626 g/mol. The van der Waals surface area contributed by atoms with Gasteiger partial charge >= 0.3 is 23.9 Å². The first-order valence-corrected chi connectivity index (χ1v) is 14.9. The Balaban J connectivity index is 1.82. The lowest BCUT2D eigenvalue weighted by Gasteiger charge is -2.38. The fraction of sp³-hybridized carbons (Fsp3) is 0.710. The Morgan fingerprint density at radius 2 is 0.977 bits per heavy atom. The van der Waals surface area contributed by atoms with Crippen molar-refractivity contribution in [1.82, 2.24) is 0 Å². The van der Waals surface area contributed by atoms with Gasteiger partial charge < -0.3 is 39.4 Å². The van der Waals surface area contributed by atoms with E-state index < -0.39 is 60.1 Å². The van der Waals surface area contributed by atoms with E-state index in [9.17, 15) is 44.4 Å². The number of carbonyl (C=O) groups excluding carboxylic acids is 5. The molecule has 4 N–H and O–H groups in total. The minimum atomic E-state index is -1.21. The largest absolute Gasteiger partial charge is 0.463 e. The zero-order chi connectivity index (χ0) is 33.0. The maximum absolute atomic E-state index is 13.5. The molecule has 13 heteroatoms. The molecule has 248 valence electrons. The summed E-state index contributed by atoms with van der Waals surface area (Å²) in [6.45, 7) is 8.32. The molecule has 13 nitrogen and oxygen atoms in total. The molecule has 2 aliphatic rings. The van der Waals surface area contributed by atoms with Crippen molar-refractivity contribution in [3.05, 3.63) is 24.3 Å². The standard InChI is InChI=1S/C31H46O13/c1-17(2)30(39)43-15-21(32)13-41-27(36)11-19-5-7-25(34)23(9-19)29(38)24-10-20(6-8-26(24)35)12-28(37)42-14-22(33)16-44-31(40)18(3)4/h19-26,32-35H,1,3,5-16H2,2,4H3. The van der Waals surface area contributed by atoms with E-state index in [4.69, 9.17) is 18.9 Å². The van der Waals surface area contributed by atoms with Crippen LogP contribution < -0.4 is 0 Å².